The molecule has 1 aromatic carbocycles. The lowest BCUT2D eigenvalue weighted by atomic mass is 10.1. The summed E-state index contributed by atoms with van der Waals surface area (Å²) in [6.45, 7) is 0. The number of rotatable bonds is 0. The summed E-state index contributed by atoms with van der Waals surface area (Å²) in [6.07, 6.45) is -3.80. The largest absolute Gasteiger partial charge is 0.419 e. The van der Waals surface area contributed by atoms with Crippen LogP contribution in [0, 0.1) is 5.82 Å². The topological polar surface area (TPSA) is 63.0 Å². The van der Waals surface area contributed by atoms with Crippen LogP contribution in [0.25, 0.3) is 16.6 Å². The summed E-state index contributed by atoms with van der Waals surface area (Å²) in [5, 5.41) is 3.53. The second-order valence-electron chi connectivity index (χ2n) is 3.80. The van der Waals surface area contributed by atoms with Gasteiger partial charge >= 0.3 is 11.9 Å². The van der Waals surface area contributed by atoms with Crippen LogP contribution in [-0.2, 0) is 6.18 Å². The quantitative estimate of drug-likeness (QED) is 0.634. The van der Waals surface area contributed by atoms with Crippen molar-refractivity contribution in [2.24, 2.45) is 0 Å². The van der Waals surface area contributed by atoms with Crippen molar-refractivity contribution in [3.63, 3.8) is 0 Å². The summed E-state index contributed by atoms with van der Waals surface area (Å²) in [6, 6.07) is 1.22. The Morgan fingerprint density at radius 1 is 1.26 bits per heavy atom. The molecule has 19 heavy (non-hydrogen) atoms. The van der Waals surface area contributed by atoms with Gasteiger partial charge in [0.1, 0.15) is 12.1 Å². The van der Waals surface area contributed by atoms with E-state index in [1.54, 1.807) is 0 Å². The van der Waals surface area contributed by atoms with Crippen molar-refractivity contribution in [2.75, 3.05) is 0 Å². The Morgan fingerprint density at radius 3 is 2.68 bits per heavy atom. The smallest absolute Gasteiger partial charge is 0.305 e. The molecule has 2 aromatic heterocycles. The van der Waals surface area contributed by atoms with Crippen molar-refractivity contribution < 1.29 is 17.6 Å². The number of nitrogens with one attached hydrogen (secondary N) is 1. The molecule has 0 unspecified atom stereocenters. The zero-order valence-electron chi connectivity index (χ0n) is 8.99. The lowest BCUT2D eigenvalue weighted by Gasteiger charge is -2.09. The van der Waals surface area contributed by atoms with Crippen molar-refractivity contribution in [3.8, 4) is 0 Å². The predicted molar refractivity (Wildman–Crippen MR) is 56.1 cm³/mol. The summed E-state index contributed by atoms with van der Waals surface area (Å²) < 4.78 is 52.1. The van der Waals surface area contributed by atoms with Gasteiger partial charge in [-0.2, -0.15) is 22.8 Å². The van der Waals surface area contributed by atoms with Crippen molar-refractivity contribution in [1.82, 2.24) is 19.6 Å². The van der Waals surface area contributed by atoms with Crippen LogP contribution in [0.5, 0.6) is 0 Å². The molecule has 0 saturated carbocycles. The van der Waals surface area contributed by atoms with Gasteiger partial charge in [0, 0.05) is 5.39 Å². The zero-order valence-corrected chi connectivity index (χ0v) is 8.99. The van der Waals surface area contributed by atoms with E-state index in [1.165, 1.54) is 0 Å². The fourth-order valence-corrected chi connectivity index (χ4v) is 1.82. The van der Waals surface area contributed by atoms with Crippen LogP contribution in [0.15, 0.2) is 23.3 Å². The number of aromatic amines is 1. The average molecular weight is 272 g/mol. The molecule has 0 saturated heterocycles. The number of H-pyrrole nitrogens is 1. The van der Waals surface area contributed by atoms with Gasteiger partial charge in [-0.3, -0.25) is 0 Å². The third kappa shape index (κ3) is 1.65. The number of alkyl halides is 3. The molecular weight excluding hydrogens is 268 g/mol. The molecule has 0 aliphatic carbocycles. The van der Waals surface area contributed by atoms with E-state index in [1.807, 2.05) is 0 Å². The molecule has 1 N–H and O–H groups in total. The van der Waals surface area contributed by atoms with E-state index in [4.69, 9.17) is 0 Å². The summed E-state index contributed by atoms with van der Waals surface area (Å²) in [5.41, 5.74) is -2.27. The van der Waals surface area contributed by atoms with E-state index < -0.39 is 23.2 Å². The molecule has 0 amide bonds. The van der Waals surface area contributed by atoms with Gasteiger partial charge < -0.3 is 4.98 Å². The number of benzene rings is 1. The maximum atomic E-state index is 13.4. The third-order valence-corrected chi connectivity index (χ3v) is 2.64. The standard InChI is InChI=1S/C10H4F4N4O/c11-6-2-7-4(1-5(6)10(12,13)14)8-15-3-16-18(8)9(19)17-7/h1-3H,(H,17,19). The van der Waals surface area contributed by atoms with Gasteiger partial charge in [0.15, 0.2) is 5.65 Å². The Morgan fingerprint density at radius 2 is 2.00 bits per heavy atom. The minimum absolute atomic E-state index is 0.0363. The van der Waals surface area contributed by atoms with E-state index in [9.17, 15) is 22.4 Å². The predicted octanol–water partition coefficient (Wildman–Crippen LogP) is 1.73. The summed E-state index contributed by atoms with van der Waals surface area (Å²) in [5.74, 6) is -1.46. The highest BCUT2D eigenvalue weighted by Crippen LogP contribution is 2.33. The zero-order chi connectivity index (χ0) is 13.8. The first-order valence-electron chi connectivity index (χ1n) is 5.00. The van der Waals surface area contributed by atoms with E-state index in [-0.39, 0.29) is 16.6 Å². The number of hydrogen-bond donors (Lipinski definition) is 1. The molecule has 3 rings (SSSR count). The van der Waals surface area contributed by atoms with E-state index in [0.29, 0.717) is 12.1 Å². The minimum atomic E-state index is -4.83. The minimum Gasteiger partial charge on any atom is -0.305 e. The Kier molecular flexibility index (Phi) is 2.16. The molecule has 0 aliphatic heterocycles. The van der Waals surface area contributed by atoms with E-state index in [0.717, 1.165) is 10.8 Å². The van der Waals surface area contributed by atoms with Crippen LogP contribution in [0.4, 0.5) is 17.6 Å². The molecule has 0 aliphatic rings. The highest BCUT2D eigenvalue weighted by atomic mass is 19.4. The fourth-order valence-electron chi connectivity index (χ4n) is 1.82. The van der Waals surface area contributed by atoms with Gasteiger partial charge in [-0.15, -0.1) is 0 Å². The molecule has 0 radical (unpaired) electrons. The second-order valence-corrected chi connectivity index (χ2v) is 3.80. The maximum absolute atomic E-state index is 13.4. The molecule has 2 heterocycles. The normalized spacial score (nSPS) is 12.4. The molecule has 0 bridgehead atoms. The van der Waals surface area contributed by atoms with Gasteiger partial charge in [0.2, 0.25) is 0 Å². The first kappa shape index (κ1) is 11.6. The van der Waals surface area contributed by atoms with E-state index in [2.05, 4.69) is 15.1 Å². The monoisotopic (exact) mass is 272 g/mol. The summed E-state index contributed by atoms with van der Waals surface area (Å²) in [7, 11) is 0. The van der Waals surface area contributed by atoms with Gasteiger partial charge in [0.05, 0.1) is 11.1 Å². The Hall–Kier alpha value is -2.45. The molecular formula is C10H4F4N4O. The van der Waals surface area contributed by atoms with Crippen LogP contribution >= 0.6 is 0 Å². The second kappa shape index (κ2) is 3.53. The maximum Gasteiger partial charge on any atom is 0.419 e. The molecule has 5 nitrogen and oxygen atoms in total. The molecule has 0 spiro atoms. The fraction of sp³-hybridized carbons (Fsp3) is 0.100. The van der Waals surface area contributed by atoms with Crippen LogP contribution in [0.3, 0.4) is 0 Å². The Labute approximate surface area is 101 Å². The highest BCUT2D eigenvalue weighted by molar-refractivity contribution is 5.91. The van der Waals surface area contributed by atoms with Crippen molar-refractivity contribution in [3.05, 3.63) is 40.3 Å². The van der Waals surface area contributed by atoms with Crippen molar-refractivity contribution >= 4 is 16.6 Å². The first-order chi connectivity index (χ1) is 8.88. The van der Waals surface area contributed by atoms with Gasteiger partial charge in [-0.25, -0.2) is 14.2 Å². The van der Waals surface area contributed by atoms with Crippen LogP contribution in [0.1, 0.15) is 5.56 Å². The molecule has 0 atom stereocenters. The molecule has 3 aromatic rings. The summed E-state index contributed by atoms with van der Waals surface area (Å²) in [4.78, 5) is 17.4. The lowest BCUT2D eigenvalue weighted by Crippen LogP contribution is -2.18. The summed E-state index contributed by atoms with van der Waals surface area (Å²) >= 11 is 0. The molecule has 0 fully saturated rings. The highest BCUT2D eigenvalue weighted by Gasteiger charge is 2.34. The van der Waals surface area contributed by atoms with Gasteiger partial charge in [0.25, 0.3) is 0 Å². The first-order valence-corrected chi connectivity index (χ1v) is 5.00. The molecule has 98 valence electrons. The SMILES string of the molecule is O=c1[nH]c2cc(F)c(C(F)(F)F)cc2c2ncnn12. The van der Waals surface area contributed by atoms with Crippen molar-refractivity contribution in [1.29, 1.82) is 0 Å². The van der Waals surface area contributed by atoms with Crippen LogP contribution in [0.2, 0.25) is 0 Å². The number of aromatic nitrogens is 4. The van der Waals surface area contributed by atoms with E-state index >= 15 is 0 Å². The average Bonchev–Trinajstić information content (AvgIpc) is 2.76. The number of hydrogen-bond acceptors (Lipinski definition) is 3. The molecule has 9 heteroatoms. The van der Waals surface area contributed by atoms with Gasteiger partial charge in [-0.05, 0) is 12.1 Å². The van der Waals surface area contributed by atoms with Gasteiger partial charge in [-0.1, -0.05) is 0 Å². The van der Waals surface area contributed by atoms with Crippen molar-refractivity contribution in [2.45, 2.75) is 6.18 Å². The van der Waals surface area contributed by atoms with Crippen LogP contribution < -0.4 is 5.69 Å². The number of nitrogens with zero attached hydrogens (tertiary/aromatic N) is 3. The number of halogens is 4. The third-order valence-electron chi connectivity index (χ3n) is 2.64. The Balaban J connectivity index is 2.51. The lowest BCUT2D eigenvalue weighted by molar-refractivity contribution is -0.139. The number of fused-ring (bicyclic) bond motifs is 3. The van der Waals surface area contributed by atoms with Crippen LogP contribution in [-0.4, -0.2) is 19.6 Å². The Bertz CT molecular complexity index is 848.